The fourth-order valence-corrected chi connectivity index (χ4v) is 9.93. The van der Waals surface area contributed by atoms with Crippen molar-refractivity contribution >= 4 is 0 Å². The molecule has 0 aliphatic heterocycles. The first-order valence-electron chi connectivity index (χ1n) is 14.0. The number of fused-ring (bicyclic) bond motifs is 5. The van der Waals surface area contributed by atoms with E-state index in [1.165, 1.54) is 57.8 Å². The molecule has 1 aromatic rings. The summed E-state index contributed by atoms with van der Waals surface area (Å²) in [5, 5.41) is 24.9. The molecule has 6 rings (SSSR count). The second-order valence-corrected chi connectivity index (χ2v) is 13.3. The highest BCUT2D eigenvalue weighted by molar-refractivity contribution is 5.21. The minimum absolute atomic E-state index is 0.329. The third kappa shape index (κ3) is 3.87. The molecule has 180 valence electrons. The van der Waals surface area contributed by atoms with E-state index >= 15 is 0 Å². The van der Waals surface area contributed by atoms with Crippen LogP contribution in [0.5, 0.6) is 0 Å². The molecule has 5 fully saturated rings. The average Bonchev–Trinajstić information content (AvgIpc) is 3.34. The molecule has 0 aromatic carbocycles. The van der Waals surface area contributed by atoms with Crippen LogP contribution < -0.4 is 0 Å². The predicted molar refractivity (Wildman–Crippen MR) is 129 cm³/mol. The van der Waals surface area contributed by atoms with Gasteiger partial charge in [0.1, 0.15) is 6.07 Å². The van der Waals surface area contributed by atoms with Gasteiger partial charge in [0.15, 0.2) is 0 Å². The van der Waals surface area contributed by atoms with E-state index in [1.807, 2.05) is 10.9 Å². The number of hydrogen-bond donors (Lipinski definition) is 1. The van der Waals surface area contributed by atoms with Gasteiger partial charge in [0, 0.05) is 12.7 Å². The maximum atomic E-state index is 11.3. The quantitative estimate of drug-likeness (QED) is 0.583. The zero-order valence-electron chi connectivity index (χ0n) is 20.8. The van der Waals surface area contributed by atoms with Crippen LogP contribution >= 0.6 is 0 Å². The van der Waals surface area contributed by atoms with E-state index in [4.69, 9.17) is 5.26 Å². The van der Waals surface area contributed by atoms with Crippen molar-refractivity contribution in [2.24, 2.45) is 52.8 Å². The molecule has 9 atom stereocenters. The van der Waals surface area contributed by atoms with Crippen molar-refractivity contribution in [3.8, 4) is 6.07 Å². The van der Waals surface area contributed by atoms with Crippen molar-refractivity contribution in [1.82, 2.24) is 9.78 Å². The molecule has 1 heterocycles. The van der Waals surface area contributed by atoms with Crippen LogP contribution in [0.4, 0.5) is 0 Å². The summed E-state index contributed by atoms with van der Waals surface area (Å²) in [6.07, 6.45) is 19.3. The number of rotatable bonds is 5. The van der Waals surface area contributed by atoms with Crippen molar-refractivity contribution in [2.75, 3.05) is 0 Å². The van der Waals surface area contributed by atoms with E-state index < -0.39 is 0 Å². The van der Waals surface area contributed by atoms with Crippen LogP contribution in [0.1, 0.15) is 96.5 Å². The van der Waals surface area contributed by atoms with Gasteiger partial charge in [-0.1, -0.05) is 26.7 Å². The molecule has 1 N–H and O–H groups in total. The van der Waals surface area contributed by atoms with E-state index in [0.29, 0.717) is 16.9 Å². The van der Waals surface area contributed by atoms with Crippen molar-refractivity contribution < 1.29 is 5.11 Å². The van der Waals surface area contributed by atoms with Gasteiger partial charge in [-0.2, -0.15) is 10.4 Å². The third-order valence-corrected chi connectivity index (χ3v) is 11.5. The monoisotopic (exact) mass is 449 g/mol. The standard InChI is InChI=1S/C29H43N3O/c1-19(17-32-18-21(15-30)16-31-32)26-7-8-27-25-6-5-22-14-29(33,13-20-3-4-20)12-10-23(22)24(25)9-11-28(26,27)2/h16,18-20,22-27,33H,3-14,17H2,1-2H3/t19-,22-,23+,24-,25-,26-,27+,28-,29+/m1/s1. The lowest BCUT2D eigenvalue weighted by Crippen LogP contribution is -2.51. The average molecular weight is 450 g/mol. The molecule has 0 unspecified atom stereocenters. The van der Waals surface area contributed by atoms with E-state index in [2.05, 4.69) is 25.0 Å². The second-order valence-electron chi connectivity index (χ2n) is 13.3. The number of aliphatic hydroxyl groups is 1. The Hall–Kier alpha value is -1.34. The van der Waals surface area contributed by atoms with Crippen LogP contribution in [0.15, 0.2) is 12.4 Å². The number of nitrogens with zero attached hydrogens (tertiary/aromatic N) is 3. The lowest BCUT2D eigenvalue weighted by atomic mass is 9.48. The SMILES string of the molecule is C[C@H](Cn1cc(C#N)cn1)[C@H]1CC[C@H]2[C@@H]3CC[C@@H]4C[C@@](O)(CC5CC5)CC[C@@H]4[C@H]3CC[C@]12C. The van der Waals surface area contributed by atoms with Gasteiger partial charge >= 0.3 is 0 Å². The molecule has 0 spiro atoms. The molecule has 5 saturated carbocycles. The van der Waals surface area contributed by atoms with Crippen LogP contribution in [0.2, 0.25) is 0 Å². The Morgan fingerprint density at radius 1 is 1.09 bits per heavy atom. The maximum Gasteiger partial charge on any atom is 0.102 e. The van der Waals surface area contributed by atoms with Gasteiger partial charge in [0.2, 0.25) is 0 Å². The second kappa shape index (κ2) is 8.11. The highest BCUT2D eigenvalue weighted by Crippen LogP contribution is 2.66. The van der Waals surface area contributed by atoms with Gasteiger partial charge in [-0.15, -0.1) is 0 Å². The van der Waals surface area contributed by atoms with E-state index in [1.54, 1.807) is 6.20 Å². The first-order valence-corrected chi connectivity index (χ1v) is 14.0. The highest BCUT2D eigenvalue weighted by Gasteiger charge is 2.58. The molecule has 0 amide bonds. The minimum atomic E-state index is -0.329. The lowest BCUT2D eigenvalue weighted by molar-refractivity contribution is -0.112. The highest BCUT2D eigenvalue weighted by atomic mass is 16.3. The fraction of sp³-hybridized carbons (Fsp3) is 0.862. The first-order chi connectivity index (χ1) is 15.9. The molecule has 4 heteroatoms. The first kappa shape index (κ1) is 22.1. The van der Waals surface area contributed by atoms with Gasteiger partial charge in [-0.3, -0.25) is 4.68 Å². The van der Waals surface area contributed by atoms with Gasteiger partial charge in [0.25, 0.3) is 0 Å². The van der Waals surface area contributed by atoms with Crippen LogP contribution in [0.3, 0.4) is 0 Å². The summed E-state index contributed by atoms with van der Waals surface area (Å²) in [5.74, 6) is 6.62. The van der Waals surface area contributed by atoms with Crippen LogP contribution in [0.25, 0.3) is 0 Å². The predicted octanol–water partition coefficient (Wildman–Crippen LogP) is 6.19. The summed E-state index contributed by atoms with van der Waals surface area (Å²) in [5.41, 5.74) is 0.816. The Morgan fingerprint density at radius 3 is 2.67 bits per heavy atom. The zero-order chi connectivity index (χ0) is 22.8. The Labute approximate surface area is 200 Å². The summed E-state index contributed by atoms with van der Waals surface area (Å²) < 4.78 is 2.00. The van der Waals surface area contributed by atoms with Crippen molar-refractivity contribution in [3.05, 3.63) is 18.0 Å². The van der Waals surface area contributed by atoms with Crippen molar-refractivity contribution in [3.63, 3.8) is 0 Å². The Bertz CT molecular complexity index is 914. The van der Waals surface area contributed by atoms with Gasteiger partial charge in [-0.05, 0) is 117 Å². The number of nitriles is 1. The largest absolute Gasteiger partial charge is 0.390 e. The van der Waals surface area contributed by atoms with Crippen LogP contribution in [-0.4, -0.2) is 20.5 Å². The summed E-state index contributed by atoms with van der Waals surface area (Å²) >= 11 is 0. The molecule has 0 saturated heterocycles. The third-order valence-electron chi connectivity index (χ3n) is 11.5. The molecule has 0 radical (unpaired) electrons. The van der Waals surface area contributed by atoms with Gasteiger partial charge < -0.3 is 5.11 Å². The van der Waals surface area contributed by atoms with E-state index in [-0.39, 0.29) is 5.60 Å². The Kier molecular flexibility index (Phi) is 5.44. The minimum Gasteiger partial charge on any atom is -0.390 e. The number of aromatic nitrogens is 2. The maximum absolute atomic E-state index is 11.3. The Morgan fingerprint density at radius 2 is 1.91 bits per heavy atom. The van der Waals surface area contributed by atoms with Crippen molar-refractivity contribution in [1.29, 1.82) is 5.26 Å². The van der Waals surface area contributed by atoms with Crippen LogP contribution in [-0.2, 0) is 6.54 Å². The molecule has 4 nitrogen and oxygen atoms in total. The molecule has 5 aliphatic rings. The topological polar surface area (TPSA) is 61.8 Å². The fourth-order valence-electron chi connectivity index (χ4n) is 9.93. The zero-order valence-corrected chi connectivity index (χ0v) is 20.8. The number of hydrogen-bond acceptors (Lipinski definition) is 3. The summed E-state index contributed by atoms with van der Waals surface area (Å²) in [4.78, 5) is 0. The van der Waals surface area contributed by atoms with Crippen molar-refractivity contribution in [2.45, 2.75) is 103 Å². The molecular weight excluding hydrogens is 406 g/mol. The van der Waals surface area contributed by atoms with E-state index in [9.17, 15) is 5.11 Å². The molecule has 33 heavy (non-hydrogen) atoms. The normalized spacial score (nSPS) is 45.5. The van der Waals surface area contributed by atoms with Gasteiger partial charge in [0.05, 0.1) is 17.4 Å². The van der Waals surface area contributed by atoms with Gasteiger partial charge in [-0.25, -0.2) is 0 Å². The molecule has 0 bridgehead atoms. The Balaban J connectivity index is 1.13. The molecular formula is C29H43N3O. The lowest BCUT2D eigenvalue weighted by Gasteiger charge is -2.57. The smallest absolute Gasteiger partial charge is 0.102 e. The molecule has 5 aliphatic carbocycles. The summed E-state index contributed by atoms with van der Waals surface area (Å²) in [6.45, 7) is 6.00. The summed E-state index contributed by atoms with van der Waals surface area (Å²) in [6, 6.07) is 2.21. The van der Waals surface area contributed by atoms with Crippen LogP contribution in [0, 0.1) is 64.1 Å². The van der Waals surface area contributed by atoms with E-state index in [0.717, 1.165) is 67.2 Å². The molecule has 1 aromatic heterocycles. The summed E-state index contributed by atoms with van der Waals surface area (Å²) in [7, 11) is 0.